The number of ketones is 1. The SMILES string of the molecule is NC[C@H]1CC[C@H](CC(=O)C(=O)O)CC1. The molecule has 1 fully saturated rings. The molecule has 0 aliphatic heterocycles. The summed E-state index contributed by atoms with van der Waals surface area (Å²) < 4.78 is 0. The van der Waals surface area contributed by atoms with E-state index in [9.17, 15) is 9.59 Å². The molecular formula is C10H17NO3. The molecule has 0 aromatic heterocycles. The zero-order chi connectivity index (χ0) is 10.6. The minimum Gasteiger partial charge on any atom is -0.476 e. The first-order valence-corrected chi connectivity index (χ1v) is 5.09. The van der Waals surface area contributed by atoms with Crippen molar-refractivity contribution in [1.82, 2.24) is 0 Å². The van der Waals surface area contributed by atoms with Gasteiger partial charge in [0.1, 0.15) is 0 Å². The molecule has 14 heavy (non-hydrogen) atoms. The van der Waals surface area contributed by atoms with E-state index in [1.807, 2.05) is 0 Å². The molecule has 80 valence electrons. The Morgan fingerprint density at radius 2 is 1.64 bits per heavy atom. The van der Waals surface area contributed by atoms with Crippen LogP contribution in [0.2, 0.25) is 0 Å². The summed E-state index contributed by atoms with van der Waals surface area (Å²) >= 11 is 0. The van der Waals surface area contributed by atoms with Crippen molar-refractivity contribution in [2.75, 3.05) is 6.54 Å². The molecular weight excluding hydrogens is 182 g/mol. The summed E-state index contributed by atoms with van der Waals surface area (Å²) in [5, 5.41) is 8.44. The number of rotatable bonds is 4. The second kappa shape index (κ2) is 5.10. The highest BCUT2D eigenvalue weighted by Crippen LogP contribution is 2.30. The lowest BCUT2D eigenvalue weighted by molar-refractivity contribution is -0.149. The highest BCUT2D eigenvalue weighted by molar-refractivity contribution is 6.32. The lowest BCUT2D eigenvalue weighted by Crippen LogP contribution is -2.24. The molecule has 1 aliphatic rings. The van der Waals surface area contributed by atoms with Crippen LogP contribution in [-0.2, 0) is 9.59 Å². The topological polar surface area (TPSA) is 80.4 Å². The van der Waals surface area contributed by atoms with Crippen molar-refractivity contribution in [2.24, 2.45) is 17.6 Å². The Balaban J connectivity index is 2.29. The second-order valence-electron chi connectivity index (χ2n) is 4.05. The van der Waals surface area contributed by atoms with Gasteiger partial charge >= 0.3 is 5.97 Å². The minimum absolute atomic E-state index is 0.201. The first kappa shape index (κ1) is 11.2. The molecule has 0 radical (unpaired) electrons. The molecule has 1 rings (SSSR count). The molecule has 0 heterocycles. The smallest absolute Gasteiger partial charge is 0.372 e. The van der Waals surface area contributed by atoms with Crippen LogP contribution in [0.4, 0.5) is 0 Å². The molecule has 0 aromatic carbocycles. The van der Waals surface area contributed by atoms with E-state index in [4.69, 9.17) is 10.8 Å². The van der Waals surface area contributed by atoms with Gasteiger partial charge in [0.25, 0.3) is 0 Å². The molecule has 0 saturated heterocycles. The normalized spacial score (nSPS) is 27.2. The largest absolute Gasteiger partial charge is 0.476 e. The standard InChI is InChI=1S/C10H17NO3/c11-6-8-3-1-7(2-4-8)5-9(12)10(13)14/h7-8H,1-6,11H2,(H,13,14)/t7-,8-. The molecule has 0 bridgehead atoms. The Morgan fingerprint density at radius 1 is 1.14 bits per heavy atom. The van der Waals surface area contributed by atoms with Crippen molar-refractivity contribution in [2.45, 2.75) is 32.1 Å². The third kappa shape index (κ3) is 3.10. The van der Waals surface area contributed by atoms with Crippen LogP contribution in [-0.4, -0.2) is 23.4 Å². The van der Waals surface area contributed by atoms with Crippen LogP contribution >= 0.6 is 0 Å². The summed E-state index contributed by atoms with van der Waals surface area (Å²) in [6.45, 7) is 0.708. The quantitative estimate of drug-likeness (QED) is 0.656. The fraction of sp³-hybridized carbons (Fsp3) is 0.800. The Hall–Kier alpha value is -0.900. The van der Waals surface area contributed by atoms with Crippen molar-refractivity contribution in [3.8, 4) is 0 Å². The van der Waals surface area contributed by atoms with Crippen molar-refractivity contribution in [1.29, 1.82) is 0 Å². The number of hydrogen-bond donors (Lipinski definition) is 2. The lowest BCUT2D eigenvalue weighted by Gasteiger charge is -2.26. The number of hydrogen-bond acceptors (Lipinski definition) is 3. The Bertz CT molecular complexity index is 219. The van der Waals surface area contributed by atoms with Crippen molar-refractivity contribution in [3.05, 3.63) is 0 Å². The van der Waals surface area contributed by atoms with Crippen molar-refractivity contribution >= 4 is 11.8 Å². The Morgan fingerprint density at radius 3 is 2.07 bits per heavy atom. The maximum atomic E-state index is 10.9. The minimum atomic E-state index is -1.30. The second-order valence-corrected chi connectivity index (χ2v) is 4.05. The summed E-state index contributed by atoms with van der Waals surface area (Å²) in [6, 6.07) is 0. The number of carbonyl (C=O) groups excluding carboxylic acids is 1. The van der Waals surface area contributed by atoms with Crippen molar-refractivity contribution in [3.63, 3.8) is 0 Å². The monoisotopic (exact) mass is 199 g/mol. The number of Topliss-reactive ketones (excluding diaryl/α,β-unsaturated/α-hetero) is 1. The maximum Gasteiger partial charge on any atom is 0.372 e. The van der Waals surface area contributed by atoms with Crippen LogP contribution in [0.25, 0.3) is 0 Å². The molecule has 0 amide bonds. The van der Waals surface area contributed by atoms with E-state index in [0.717, 1.165) is 25.7 Å². The van der Waals surface area contributed by atoms with Gasteiger partial charge in [0.2, 0.25) is 5.78 Å². The van der Waals surface area contributed by atoms with E-state index in [-0.39, 0.29) is 12.3 Å². The summed E-state index contributed by atoms with van der Waals surface area (Å²) in [5.41, 5.74) is 5.54. The van der Waals surface area contributed by atoms with Gasteiger partial charge in [0.15, 0.2) is 0 Å². The van der Waals surface area contributed by atoms with Crippen LogP contribution in [0.15, 0.2) is 0 Å². The van der Waals surface area contributed by atoms with Gasteiger partial charge in [-0.2, -0.15) is 0 Å². The number of nitrogens with two attached hydrogens (primary N) is 1. The summed E-state index contributed by atoms with van der Waals surface area (Å²) in [5.74, 6) is -1.11. The van der Waals surface area contributed by atoms with E-state index >= 15 is 0 Å². The van der Waals surface area contributed by atoms with E-state index in [0.29, 0.717) is 12.5 Å². The van der Waals surface area contributed by atoms with Crippen LogP contribution in [0, 0.1) is 11.8 Å². The van der Waals surface area contributed by atoms with Gasteiger partial charge in [0.05, 0.1) is 0 Å². The summed E-state index contributed by atoms with van der Waals surface area (Å²) in [4.78, 5) is 21.3. The molecule has 1 aliphatic carbocycles. The lowest BCUT2D eigenvalue weighted by atomic mass is 9.80. The van der Waals surface area contributed by atoms with Gasteiger partial charge in [-0.1, -0.05) is 0 Å². The van der Waals surface area contributed by atoms with Gasteiger partial charge in [-0.25, -0.2) is 4.79 Å². The summed E-state index contributed by atoms with van der Waals surface area (Å²) in [7, 11) is 0. The van der Waals surface area contributed by atoms with E-state index in [1.54, 1.807) is 0 Å². The number of carboxylic acids is 1. The fourth-order valence-electron chi connectivity index (χ4n) is 2.02. The van der Waals surface area contributed by atoms with E-state index in [2.05, 4.69) is 0 Å². The van der Waals surface area contributed by atoms with Gasteiger partial charge in [-0.3, -0.25) is 4.79 Å². The Kier molecular flexibility index (Phi) is 4.07. The number of aliphatic carboxylic acids is 1. The van der Waals surface area contributed by atoms with Crippen LogP contribution in [0.5, 0.6) is 0 Å². The number of carboxylic acid groups (broad SMARTS) is 1. The predicted octanol–water partition coefficient (Wildman–Crippen LogP) is 0.795. The number of carbonyl (C=O) groups is 2. The van der Waals surface area contributed by atoms with E-state index < -0.39 is 11.8 Å². The van der Waals surface area contributed by atoms with Crippen LogP contribution in [0.1, 0.15) is 32.1 Å². The molecule has 1 saturated carbocycles. The van der Waals surface area contributed by atoms with Crippen LogP contribution < -0.4 is 5.73 Å². The average Bonchev–Trinajstić information content (AvgIpc) is 2.19. The van der Waals surface area contributed by atoms with Crippen molar-refractivity contribution < 1.29 is 14.7 Å². The predicted molar refractivity (Wildman–Crippen MR) is 51.8 cm³/mol. The molecule has 0 unspecified atom stereocenters. The third-order valence-corrected chi connectivity index (χ3v) is 3.01. The third-order valence-electron chi connectivity index (χ3n) is 3.01. The van der Waals surface area contributed by atoms with Gasteiger partial charge in [-0.05, 0) is 44.1 Å². The molecule has 3 N–H and O–H groups in total. The summed E-state index contributed by atoms with van der Waals surface area (Å²) in [6.07, 6.45) is 4.16. The zero-order valence-electron chi connectivity index (χ0n) is 8.24. The van der Waals surface area contributed by atoms with Gasteiger partial charge < -0.3 is 10.8 Å². The molecule has 4 heteroatoms. The Labute approximate surface area is 83.5 Å². The molecule has 0 aromatic rings. The highest BCUT2D eigenvalue weighted by Gasteiger charge is 2.24. The first-order valence-electron chi connectivity index (χ1n) is 5.09. The first-order chi connectivity index (χ1) is 6.63. The molecule has 0 spiro atoms. The highest BCUT2D eigenvalue weighted by atomic mass is 16.4. The maximum absolute atomic E-state index is 10.9. The molecule has 0 atom stereocenters. The van der Waals surface area contributed by atoms with Crippen LogP contribution in [0.3, 0.4) is 0 Å². The zero-order valence-corrected chi connectivity index (χ0v) is 8.24. The average molecular weight is 199 g/mol. The fourth-order valence-corrected chi connectivity index (χ4v) is 2.02. The molecule has 4 nitrogen and oxygen atoms in total. The van der Waals surface area contributed by atoms with Gasteiger partial charge in [0, 0.05) is 6.42 Å². The van der Waals surface area contributed by atoms with Gasteiger partial charge in [-0.15, -0.1) is 0 Å². The van der Waals surface area contributed by atoms with E-state index in [1.165, 1.54) is 0 Å².